The van der Waals surface area contributed by atoms with Crippen LogP contribution in [0, 0.1) is 5.92 Å². The van der Waals surface area contributed by atoms with Crippen molar-refractivity contribution in [2.24, 2.45) is 5.92 Å². The molecule has 1 rings (SSSR count). The Balaban J connectivity index is 2.31. The van der Waals surface area contributed by atoms with E-state index in [4.69, 9.17) is 5.11 Å². The van der Waals surface area contributed by atoms with E-state index in [-0.39, 0.29) is 12.0 Å². The van der Waals surface area contributed by atoms with E-state index in [0.29, 0.717) is 0 Å². The van der Waals surface area contributed by atoms with Crippen molar-refractivity contribution in [3.63, 3.8) is 0 Å². The molecule has 0 bridgehead atoms. The predicted octanol–water partition coefficient (Wildman–Crippen LogP) is 1.90. The summed E-state index contributed by atoms with van der Waals surface area (Å²) in [6.45, 7) is 11.8. The summed E-state index contributed by atoms with van der Waals surface area (Å²) in [5, 5.41) is 9.10. The zero-order chi connectivity index (χ0) is 13.5. The molecule has 4 heteroatoms. The van der Waals surface area contributed by atoms with Gasteiger partial charge in [-0.15, -0.1) is 0 Å². The fraction of sp³-hybridized carbons (Fsp3) is 0.929. The van der Waals surface area contributed by atoms with Gasteiger partial charge in [0.1, 0.15) is 0 Å². The summed E-state index contributed by atoms with van der Waals surface area (Å²) in [4.78, 5) is 15.8. The molecule has 0 aromatic carbocycles. The molecule has 1 saturated carbocycles. The first-order valence-corrected chi connectivity index (χ1v) is 7.33. The van der Waals surface area contributed by atoms with E-state index in [0.717, 1.165) is 52.0 Å². The fourth-order valence-corrected chi connectivity index (χ4v) is 2.80. The van der Waals surface area contributed by atoms with Gasteiger partial charge < -0.3 is 10.0 Å². The lowest BCUT2D eigenvalue weighted by Crippen LogP contribution is -2.50. The maximum Gasteiger partial charge on any atom is 0.308 e. The highest BCUT2D eigenvalue weighted by molar-refractivity contribution is 5.72. The number of aliphatic carboxylic acids is 1. The van der Waals surface area contributed by atoms with E-state index in [1.165, 1.54) is 0 Å². The first-order valence-electron chi connectivity index (χ1n) is 7.33. The summed E-state index contributed by atoms with van der Waals surface area (Å²) < 4.78 is 0. The molecule has 0 aromatic rings. The molecule has 1 aliphatic rings. The smallest absolute Gasteiger partial charge is 0.308 e. The van der Waals surface area contributed by atoms with Gasteiger partial charge in [-0.2, -0.15) is 0 Å². The largest absolute Gasteiger partial charge is 0.481 e. The molecule has 0 saturated heterocycles. The molecular formula is C14H28N2O2. The molecule has 106 valence electrons. The van der Waals surface area contributed by atoms with Crippen LogP contribution >= 0.6 is 0 Å². The van der Waals surface area contributed by atoms with Crippen LogP contribution in [0.25, 0.3) is 0 Å². The van der Waals surface area contributed by atoms with Crippen LogP contribution in [0.4, 0.5) is 0 Å². The number of hydrogen-bond donors (Lipinski definition) is 1. The Labute approximate surface area is 111 Å². The zero-order valence-electron chi connectivity index (χ0n) is 12.1. The van der Waals surface area contributed by atoms with Crippen molar-refractivity contribution >= 4 is 5.97 Å². The van der Waals surface area contributed by atoms with Crippen LogP contribution in [0.5, 0.6) is 0 Å². The number of rotatable bonds is 9. The summed E-state index contributed by atoms with van der Waals surface area (Å²) in [5.41, 5.74) is 0. The van der Waals surface area contributed by atoms with Crippen LogP contribution in [0.2, 0.25) is 0 Å². The third-order valence-electron chi connectivity index (χ3n) is 4.24. The van der Waals surface area contributed by atoms with E-state index in [9.17, 15) is 4.79 Å². The van der Waals surface area contributed by atoms with Gasteiger partial charge in [-0.25, -0.2) is 0 Å². The van der Waals surface area contributed by atoms with Gasteiger partial charge in [0.15, 0.2) is 0 Å². The third kappa shape index (κ3) is 3.95. The monoisotopic (exact) mass is 256 g/mol. The van der Waals surface area contributed by atoms with Crippen LogP contribution < -0.4 is 0 Å². The van der Waals surface area contributed by atoms with E-state index < -0.39 is 5.97 Å². The molecule has 2 unspecified atom stereocenters. The SMILES string of the molecule is CCN(CC)CCCN(CC)C1CCC1C(=O)O. The van der Waals surface area contributed by atoms with Gasteiger partial charge >= 0.3 is 5.97 Å². The van der Waals surface area contributed by atoms with Gasteiger partial charge in [0.25, 0.3) is 0 Å². The summed E-state index contributed by atoms with van der Waals surface area (Å²) in [5.74, 6) is -0.744. The summed E-state index contributed by atoms with van der Waals surface area (Å²) in [7, 11) is 0. The van der Waals surface area contributed by atoms with Crippen LogP contribution in [-0.4, -0.2) is 59.6 Å². The van der Waals surface area contributed by atoms with E-state index >= 15 is 0 Å². The first kappa shape index (κ1) is 15.4. The summed E-state index contributed by atoms with van der Waals surface area (Å²) in [6, 6.07) is 0.282. The molecule has 0 spiro atoms. The quantitative estimate of drug-likeness (QED) is 0.684. The minimum atomic E-state index is -0.617. The number of carboxylic acid groups (broad SMARTS) is 1. The van der Waals surface area contributed by atoms with Crippen molar-refractivity contribution in [1.29, 1.82) is 0 Å². The average molecular weight is 256 g/mol. The van der Waals surface area contributed by atoms with Gasteiger partial charge in [0, 0.05) is 6.04 Å². The van der Waals surface area contributed by atoms with E-state index in [1.54, 1.807) is 0 Å². The molecule has 0 aliphatic heterocycles. The molecule has 18 heavy (non-hydrogen) atoms. The van der Waals surface area contributed by atoms with Gasteiger partial charge in [0.05, 0.1) is 5.92 Å². The summed E-state index contributed by atoms with van der Waals surface area (Å²) >= 11 is 0. The molecule has 0 amide bonds. The van der Waals surface area contributed by atoms with Crippen molar-refractivity contribution in [3.8, 4) is 0 Å². The van der Waals surface area contributed by atoms with Crippen LogP contribution in [-0.2, 0) is 4.79 Å². The molecular weight excluding hydrogens is 228 g/mol. The second-order valence-corrected chi connectivity index (χ2v) is 5.10. The van der Waals surface area contributed by atoms with Crippen molar-refractivity contribution in [2.45, 2.75) is 46.1 Å². The highest BCUT2D eigenvalue weighted by Gasteiger charge is 2.39. The van der Waals surface area contributed by atoms with Crippen molar-refractivity contribution in [3.05, 3.63) is 0 Å². The highest BCUT2D eigenvalue weighted by atomic mass is 16.4. The first-order chi connectivity index (χ1) is 8.63. The molecule has 0 aromatic heterocycles. The maximum absolute atomic E-state index is 11.1. The molecule has 1 fully saturated rings. The van der Waals surface area contributed by atoms with Gasteiger partial charge in [-0.3, -0.25) is 9.69 Å². The molecule has 2 atom stereocenters. The zero-order valence-corrected chi connectivity index (χ0v) is 12.1. The van der Waals surface area contributed by atoms with Crippen molar-refractivity contribution < 1.29 is 9.90 Å². The Morgan fingerprint density at radius 3 is 2.17 bits per heavy atom. The van der Waals surface area contributed by atoms with E-state index in [1.807, 2.05) is 0 Å². The third-order valence-corrected chi connectivity index (χ3v) is 4.24. The van der Waals surface area contributed by atoms with Gasteiger partial charge in [-0.1, -0.05) is 20.8 Å². The lowest BCUT2D eigenvalue weighted by Gasteiger charge is -2.42. The number of carbonyl (C=O) groups is 1. The highest BCUT2D eigenvalue weighted by Crippen LogP contribution is 2.32. The lowest BCUT2D eigenvalue weighted by molar-refractivity contribution is -0.148. The van der Waals surface area contributed by atoms with E-state index in [2.05, 4.69) is 30.6 Å². The fourth-order valence-electron chi connectivity index (χ4n) is 2.80. The Hall–Kier alpha value is -0.610. The maximum atomic E-state index is 11.1. The second-order valence-electron chi connectivity index (χ2n) is 5.10. The van der Waals surface area contributed by atoms with Crippen molar-refractivity contribution in [2.75, 3.05) is 32.7 Å². The summed E-state index contributed by atoms with van der Waals surface area (Å²) in [6.07, 6.45) is 3.04. The minimum absolute atomic E-state index is 0.126. The number of nitrogens with zero attached hydrogens (tertiary/aromatic N) is 2. The minimum Gasteiger partial charge on any atom is -0.481 e. The molecule has 4 nitrogen and oxygen atoms in total. The Bertz CT molecular complexity index is 254. The molecule has 1 aliphatic carbocycles. The second kappa shape index (κ2) is 7.74. The molecule has 1 N–H and O–H groups in total. The Kier molecular flexibility index (Phi) is 6.65. The Morgan fingerprint density at radius 2 is 1.78 bits per heavy atom. The molecule has 0 heterocycles. The molecule has 0 radical (unpaired) electrons. The lowest BCUT2D eigenvalue weighted by atomic mass is 9.78. The predicted molar refractivity (Wildman–Crippen MR) is 73.8 cm³/mol. The number of hydrogen-bond acceptors (Lipinski definition) is 3. The van der Waals surface area contributed by atoms with Gasteiger partial charge in [0.2, 0.25) is 0 Å². The standard InChI is InChI=1S/C14H28N2O2/c1-4-15(5-2)10-7-11-16(6-3)13-9-8-12(13)14(17)18/h12-13H,4-11H2,1-3H3,(H,17,18). The number of carboxylic acids is 1. The normalized spacial score (nSPS) is 23.4. The van der Waals surface area contributed by atoms with Gasteiger partial charge in [-0.05, 0) is 52.0 Å². The van der Waals surface area contributed by atoms with Crippen molar-refractivity contribution in [1.82, 2.24) is 9.80 Å². The van der Waals surface area contributed by atoms with Crippen LogP contribution in [0.15, 0.2) is 0 Å². The average Bonchev–Trinajstić information content (AvgIpc) is 2.30. The topological polar surface area (TPSA) is 43.8 Å². The van der Waals surface area contributed by atoms with Crippen LogP contribution in [0.1, 0.15) is 40.0 Å². The van der Waals surface area contributed by atoms with Crippen LogP contribution in [0.3, 0.4) is 0 Å². The Morgan fingerprint density at radius 1 is 1.11 bits per heavy atom.